The van der Waals surface area contributed by atoms with Gasteiger partial charge < -0.3 is 15.5 Å². The molecule has 0 radical (unpaired) electrons. The van der Waals surface area contributed by atoms with E-state index < -0.39 is 12.7 Å². The molecule has 144 valence electrons. The summed E-state index contributed by atoms with van der Waals surface area (Å²) in [7, 11) is 0. The predicted octanol–water partition coefficient (Wildman–Crippen LogP) is 4.03. The van der Waals surface area contributed by atoms with Gasteiger partial charge in [0.1, 0.15) is 11.4 Å². The minimum atomic E-state index is -2.89. The van der Waals surface area contributed by atoms with Gasteiger partial charge in [-0.1, -0.05) is 18.2 Å². The van der Waals surface area contributed by atoms with E-state index in [1.165, 1.54) is 35.3 Å². The van der Waals surface area contributed by atoms with Crippen molar-refractivity contribution < 1.29 is 13.5 Å². The zero-order valence-corrected chi connectivity index (χ0v) is 14.8. The molecule has 3 rings (SSSR count). The number of hydrogen-bond acceptors (Lipinski definition) is 5. The predicted molar refractivity (Wildman–Crippen MR) is 103 cm³/mol. The first-order chi connectivity index (χ1) is 13.6. The molecule has 1 aromatic heterocycles. The Balaban J connectivity index is 1.90. The molecular weight excluding hydrogens is 366 g/mol. The lowest BCUT2D eigenvalue weighted by Crippen LogP contribution is -2.24. The molecule has 0 bridgehead atoms. The minimum Gasteiger partial charge on any atom is -0.435 e. The van der Waals surface area contributed by atoms with Crippen molar-refractivity contribution in [3.05, 3.63) is 82.8 Å². The Morgan fingerprint density at radius 3 is 2.46 bits per heavy atom. The molecule has 2 N–H and O–H groups in total. The molecule has 0 fully saturated rings. The number of alkyl halides is 2. The largest absolute Gasteiger partial charge is 0.435 e. The van der Waals surface area contributed by atoms with E-state index in [1.54, 1.807) is 12.1 Å². The van der Waals surface area contributed by atoms with Gasteiger partial charge in [0.05, 0.1) is 11.7 Å². The number of para-hydroxylation sites is 1. The summed E-state index contributed by atoms with van der Waals surface area (Å²) in [5.74, 6) is 0.0347. The zero-order chi connectivity index (χ0) is 19.9. The van der Waals surface area contributed by atoms with Crippen molar-refractivity contribution in [1.29, 1.82) is 5.41 Å². The lowest BCUT2D eigenvalue weighted by molar-refractivity contribution is -0.0498. The zero-order valence-electron chi connectivity index (χ0n) is 14.8. The van der Waals surface area contributed by atoms with Crippen LogP contribution in [-0.4, -0.2) is 22.6 Å². The van der Waals surface area contributed by atoms with Crippen LogP contribution in [-0.2, 0) is 0 Å². The number of aromatic nitrogens is 2. The highest BCUT2D eigenvalue weighted by atomic mass is 19.3. The molecule has 1 atom stereocenters. The third-order valence-corrected chi connectivity index (χ3v) is 3.96. The summed E-state index contributed by atoms with van der Waals surface area (Å²) in [6, 6.07) is 16.2. The number of nitrogens with one attached hydrogen (secondary N) is 2. The lowest BCUT2D eigenvalue weighted by Gasteiger charge is -2.18. The Bertz CT molecular complexity index is 976. The quantitative estimate of drug-likeness (QED) is 0.575. The van der Waals surface area contributed by atoms with Crippen LogP contribution in [0.15, 0.2) is 71.7 Å². The molecule has 0 aliphatic heterocycles. The lowest BCUT2D eigenvalue weighted by atomic mass is 10.1. The fourth-order valence-electron chi connectivity index (χ4n) is 2.68. The molecule has 0 saturated carbocycles. The molecule has 0 saturated heterocycles. The van der Waals surface area contributed by atoms with Gasteiger partial charge in [-0.3, -0.25) is 4.79 Å². The standard InChI is InChI=1S/C20H18F2N4O2/c21-20(22)28-16-8-6-15(7-9-16)26-13-11-18(27)19(25-26)17(10-12-23)24-14-4-2-1-3-5-14/h1-9,11-13,17,20,23-24H,10H2. The summed E-state index contributed by atoms with van der Waals surface area (Å²) < 4.78 is 30.4. The molecule has 0 spiro atoms. The Kier molecular flexibility index (Phi) is 6.11. The summed E-state index contributed by atoms with van der Waals surface area (Å²) in [5.41, 5.74) is 1.38. The van der Waals surface area contributed by atoms with E-state index in [-0.39, 0.29) is 23.3 Å². The topological polar surface area (TPSA) is 80.0 Å². The van der Waals surface area contributed by atoms with Gasteiger partial charge in [0.2, 0.25) is 5.43 Å². The van der Waals surface area contributed by atoms with Crippen LogP contribution >= 0.6 is 0 Å². The van der Waals surface area contributed by atoms with Gasteiger partial charge in [0.25, 0.3) is 0 Å². The molecule has 6 nitrogen and oxygen atoms in total. The fraction of sp³-hybridized carbons (Fsp3) is 0.150. The van der Waals surface area contributed by atoms with E-state index in [2.05, 4.69) is 15.2 Å². The monoisotopic (exact) mass is 384 g/mol. The highest BCUT2D eigenvalue weighted by molar-refractivity contribution is 5.57. The second kappa shape index (κ2) is 8.90. The average molecular weight is 384 g/mol. The Hall–Kier alpha value is -3.55. The van der Waals surface area contributed by atoms with E-state index in [0.29, 0.717) is 5.69 Å². The van der Waals surface area contributed by atoms with Crippen LogP contribution in [0.1, 0.15) is 18.2 Å². The summed E-state index contributed by atoms with van der Waals surface area (Å²) in [4.78, 5) is 12.4. The maximum Gasteiger partial charge on any atom is 0.387 e. The second-order valence-electron chi connectivity index (χ2n) is 5.88. The van der Waals surface area contributed by atoms with E-state index in [1.807, 2.05) is 30.3 Å². The van der Waals surface area contributed by atoms with E-state index in [9.17, 15) is 13.6 Å². The van der Waals surface area contributed by atoms with Gasteiger partial charge in [-0.25, -0.2) is 4.68 Å². The number of nitrogens with zero attached hydrogens (tertiary/aromatic N) is 2. The molecule has 3 aromatic rings. The van der Waals surface area contributed by atoms with Gasteiger partial charge >= 0.3 is 6.61 Å². The number of hydrogen-bond donors (Lipinski definition) is 2. The Morgan fingerprint density at radius 1 is 1.11 bits per heavy atom. The highest BCUT2D eigenvalue weighted by Crippen LogP contribution is 2.20. The van der Waals surface area contributed by atoms with Gasteiger partial charge in [0.15, 0.2) is 0 Å². The first kappa shape index (κ1) is 19.2. The molecule has 8 heteroatoms. The van der Waals surface area contributed by atoms with Crippen molar-refractivity contribution in [2.75, 3.05) is 5.32 Å². The van der Waals surface area contributed by atoms with Gasteiger partial charge in [-0.05, 0) is 42.6 Å². The smallest absolute Gasteiger partial charge is 0.387 e. The molecule has 2 aromatic carbocycles. The van der Waals surface area contributed by atoms with Crippen LogP contribution in [0.25, 0.3) is 5.69 Å². The van der Waals surface area contributed by atoms with Crippen LogP contribution in [0, 0.1) is 5.41 Å². The van der Waals surface area contributed by atoms with Gasteiger partial charge in [0, 0.05) is 24.4 Å². The van der Waals surface area contributed by atoms with Crippen LogP contribution in [0.4, 0.5) is 14.5 Å². The van der Waals surface area contributed by atoms with Gasteiger partial charge in [-0.15, -0.1) is 0 Å². The summed E-state index contributed by atoms with van der Waals surface area (Å²) in [6.45, 7) is -2.89. The average Bonchev–Trinajstić information content (AvgIpc) is 2.69. The van der Waals surface area contributed by atoms with Crippen LogP contribution in [0.2, 0.25) is 0 Å². The maximum atomic E-state index is 12.4. The Labute approximate surface area is 159 Å². The van der Waals surface area contributed by atoms with Gasteiger partial charge in [-0.2, -0.15) is 13.9 Å². The van der Waals surface area contributed by atoms with Crippen LogP contribution in [0.5, 0.6) is 5.75 Å². The first-order valence-corrected chi connectivity index (χ1v) is 8.52. The summed E-state index contributed by atoms with van der Waals surface area (Å²) in [6.07, 6.45) is 3.00. The molecule has 28 heavy (non-hydrogen) atoms. The maximum absolute atomic E-state index is 12.4. The number of anilines is 1. The Morgan fingerprint density at radius 2 is 1.82 bits per heavy atom. The number of rotatable bonds is 8. The number of benzene rings is 2. The van der Waals surface area contributed by atoms with E-state index >= 15 is 0 Å². The van der Waals surface area contributed by atoms with E-state index in [0.717, 1.165) is 5.69 Å². The molecule has 0 amide bonds. The molecule has 0 aliphatic carbocycles. The SMILES string of the molecule is N=CCC(Nc1ccccc1)c1nn(-c2ccc(OC(F)F)cc2)ccc1=O. The van der Waals surface area contributed by atoms with Crippen molar-refractivity contribution in [1.82, 2.24) is 9.78 Å². The fourth-order valence-corrected chi connectivity index (χ4v) is 2.68. The molecule has 0 aliphatic rings. The highest BCUT2D eigenvalue weighted by Gasteiger charge is 2.17. The minimum absolute atomic E-state index is 0.0347. The van der Waals surface area contributed by atoms with Crippen LogP contribution in [0.3, 0.4) is 0 Å². The number of ether oxygens (including phenoxy) is 1. The third-order valence-electron chi connectivity index (χ3n) is 3.96. The van der Waals surface area contributed by atoms with Crippen molar-refractivity contribution >= 4 is 11.9 Å². The normalized spacial score (nSPS) is 11.8. The third kappa shape index (κ3) is 4.79. The van der Waals surface area contributed by atoms with Crippen molar-refractivity contribution in [2.45, 2.75) is 19.1 Å². The summed E-state index contributed by atoms with van der Waals surface area (Å²) >= 11 is 0. The summed E-state index contributed by atoms with van der Waals surface area (Å²) in [5, 5.41) is 15.1. The van der Waals surface area contributed by atoms with Crippen molar-refractivity contribution in [2.24, 2.45) is 0 Å². The molecule has 1 heterocycles. The van der Waals surface area contributed by atoms with Crippen molar-refractivity contribution in [3.63, 3.8) is 0 Å². The molecular formula is C20H18F2N4O2. The molecule has 1 unspecified atom stereocenters. The van der Waals surface area contributed by atoms with E-state index in [4.69, 9.17) is 5.41 Å². The van der Waals surface area contributed by atoms with Crippen molar-refractivity contribution in [3.8, 4) is 11.4 Å². The van der Waals surface area contributed by atoms with Crippen LogP contribution < -0.4 is 15.5 Å². The first-order valence-electron chi connectivity index (χ1n) is 8.52. The number of halogens is 2. The second-order valence-corrected chi connectivity index (χ2v) is 5.88.